The van der Waals surface area contributed by atoms with E-state index in [0.29, 0.717) is 22.7 Å². The average Bonchev–Trinajstić information content (AvgIpc) is 2.73. The molecule has 0 radical (unpaired) electrons. The van der Waals surface area contributed by atoms with Gasteiger partial charge in [0.05, 0.1) is 18.4 Å². The molecule has 0 atom stereocenters. The lowest BCUT2D eigenvalue weighted by Crippen LogP contribution is -2.41. The van der Waals surface area contributed by atoms with Gasteiger partial charge in [-0.1, -0.05) is 12.1 Å². The van der Waals surface area contributed by atoms with E-state index in [2.05, 4.69) is 5.32 Å². The van der Waals surface area contributed by atoms with Gasteiger partial charge in [-0.05, 0) is 36.4 Å². The molecule has 0 unspecified atom stereocenters. The highest BCUT2D eigenvalue weighted by molar-refractivity contribution is 6.12. The maximum absolute atomic E-state index is 12.5. The van der Waals surface area contributed by atoms with Gasteiger partial charge < -0.3 is 19.9 Å². The Morgan fingerprint density at radius 3 is 2.50 bits per heavy atom. The molecule has 0 saturated carbocycles. The number of nitrogens with zero attached hydrogens (tertiary/aromatic N) is 2. The van der Waals surface area contributed by atoms with E-state index in [1.54, 1.807) is 62.7 Å². The largest absolute Gasteiger partial charge is 0.497 e. The van der Waals surface area contributed by atoms with Crippen LogP contribution in [0.1, 0.15) is 10.4 Å². The Morgan fingerprint density at radius 2 is 1.81 bits per heavy atom. The molecule has 0 aliphatic carbocycles. The van der Waals surface area contributed by atoms with Crippen LogP contribution < -0.4 is 15.0 Å². The van der Waals surface area contributed by atoms with Gasteiger partial charge >= 0.3 is 0 Å². The summed E-state index contributed by atoms with van der Waals surface area (Å²) in [7, 11) is 3.13. The fraction of sp³-hybridized carbons (Fsp3) is 0.211. The third kappa shape index (κ3) is 3.51. The summed E-state index contributed by atoms with van der Waals surface area (Å²) in [6.07, 6.45) is 0. The molecule has 0 aromatic heterocycles. The van der Waals surface area contributed by atoms with Crippen LogP contribution in [-0.4, -0.2) is 49.9 Å². The van der Waals surface area contributed by atoms with Crippen molar-refractivity contribution < 1.29 is 19.1 Å². The number of nitrogens with one attached hydrogen (secondary N) is 1. The second-order valence-electron chi connectivity index (χ2n) is 5.93. The number of likely N-dealkylation sites (N-methyl/N-ethyl adjacent to an activating group) is 1. The second-order valence-corrected chi connectivity index (χ2v) is 5.93. The van der Waals surface area contributed by atoms with Gasteiger partial charge in [-0.3, -0.25) is 14.4 Å². The van der Waals surface area contributed by atoms with Crippen molar-refractivity contribution >= 4 is 29.1 Å². The first-order valence-corrected chi connectivity index (χ1v) is 8.08. The van der Waals surface area contributed by atoms with E-state index in [-0.39, 0.29) is 30.8 Å². The molecular weight excluding hydrogens is 334 g/mol. The molecule has 0 bridgehead atoms. The minimum atomic E-state index is -0.352. The number of hydrogen-bond donors (Lipinski definition) is 1. The molecule has 0 fully saturated rings. The number of amides is 3. The Kier molecular flexibility index (Phi) is 4.88. The maximum Gasteiger partial charge on any atom is 0.256 e. The molecule has 1 aliphatic heterocycles. The molecule has 2 aromatic carbocycles. The molecule has 3 rings (SSSR count). The molecule has 7 heteroatoms. The minimum Gasteiger partial charge on any atom is -0.497 e. The molecule has 3 amide bonds. The first-order valence-electron chi connectivity index (χ1n) is 8.08. The number of carbonyl (C=O) groups is 3. The molecule has 26 heavy (non-hydrogen) atoms. The predicted octanol–water partition coefficient (Wildman–Crippen LogP) is 1.75. The van der Waals surface area contributed by atoms with Crippen LogP contribution in [0, 0.1) is 0 Å². The van der Waals surface area contributed by atoms with Gasteiger partial charge in [-0.25, -0.2) is 0 Å². The zero-order valence-electron chi connectivity index (χ0n) is 14.6. The van der Waals surface area contributed by atoms with Gasteiger partial charge in [0.25, 0.3) is 5.91 Å². The summed E-state index contributed by atoms with van der Waals surface area (Å²) < 4.78 is 5.08. The van der Waals surface area contributed by atoms with E-state index in [9.17, 15) is 14.4 Å². The third-order valence-corrected chi connectivity index (χ3v) is 4.12. The number of methoxy groups -OCH3 is 1. The van der Waals surface area contributed by atoms with Gasteiger partial charge in [0, 0.05) is 12.7 Å². The average molecular weight is 353 g/mol. The van der Waals surface area contributed by atoms with E-state index in [1.165, 1.54) is 9.80 Å². The number of benzene rings is 2. The summed E-state index contributed by atoms with van der Waals surface area (Å²) in [5, 5.41) is 2.75. The summed E-state index contributed by atoms with van der Waals surface area (Å²) in [6.45, 7) is -0.258. The van der Waals surface area contributed by atoms with Crippen molar-refractivity contribution in [2.45, 2.75) is 0 Å². The Hall–Kier alpha value is -3.35. The summed E-state index contributed by atoms with van der Waals surface area (Å²) in [4.78, 5) is 40.1. The van der Waals surface area contributed by atoms with E-state index >= 15 is 0 Å². The molecule has 134 valence electrons. The lowest BCUT2D eigenvalue weighted by Gasteiger charge is -2.21. The van der Waals surface area contributed by atoms with Gasteiger partial charge in [0.1, 0.15) is 18.8 Å². The zero-order valence-corrected chi connectivity index (χ0v) is 14.6. The molecule has 1 N–H and O–H groups in total. The lowest BCUT2D eigenvalue weighted by atomic mass is 10.1. The number of fused-ring (bicyclic) bond motifs is 1. The molecular formula is C19H19N3O4. The summed E-state index contributed by atoms with van der Waals surface area (Å²) in [5.74, 6) is -0.223. The monoisotopic (exact) mass is 353 g/mol. The molecule has 7 nitrogen and oxygen atoms in total. The van der Waals surface area contributed by atoms with E-state index < -0.39 is 0 Å². The van der Waals surface area contributed by atoms with E-state index in [4.69, 9.17) is 4.74 Å². The van der Waals surface area contributed by atoms with Crippen LogP contribution in [0.4, 0.5) is 11.4 Å². The smallest absolute Gasteiger partial charge is 0.256 e. The van der Waals surface area contributed by atoms with Crippen LogP contribution >= 0.6 is 0 Å². The first kappa shape index (κ1) is 17.5. The first-order chi connectivity index (χ1) is 12.5. The van der Waals surface area contributed by atoms with Gasteiger partial charge in [0.2, 0.25) is 11.8 Å². The van der Waals surface area contributed by atoms with Crippen LogP contribution in [0.5, 0.6) is 5.75 Å². The standard InChI is InChI=1S/C19H19N3O4/c1-21-12-18(24)22(16-6-4-3-5-15(16)19(21)25)11-17(23)20-13-7-9-14(26-2)10-8-13/h3-10H,11-12H2,1-2H3,(H,20,23). The van der Waals surface area contributed by atoms with Crippen LogP contribution in [-0.2, 0) is 9.59 Å². The Balaban J connectivity index is 1.80. The number of para-hydroxylation sites is 1. The predicted molar refractivity (Wildman–Crippen MR) is 97.4 cm³/mol. The summed E-state index contributed by atoms with van der Waals surface area (Å²) in [6, 6.07) is 13.7. The van der Waals surface area contributed by atoms with E-state index in [1.807, 2.05) is 0 Å². The molecule has 2 aromatic rings. The van der Waals surface area contributed by atoms with Crippen LogP contribution in [0.2, 0.25) is 0 Å². The normalized spacial score (nSPS) is 13.9. The van der Waals surface area contributed by atoms with Gasteiger partial charge in [-0.15, -0.1) is 0 Å². The van der Waals surface area contributed by atoms with Crippen molar-refractivity contribution in [3.8, 4) is 5.75 Å². The van der Waals surface area contributed by atoms with Crippen molar-refractivity contribution in [1.29, 1.82) is 0 Å². The summed E-state index contributed by atoms with van der Waals surface area (Å²) >= 11 is 0. The molecule has 0 spiro atoms. The molecule has 0 saturated heterocycles. The number of ether oxygens (including phenoxy) is 1. The van der Waals surface area contributed by atoms with Crippen molar-refractivity contribution in [3.05, 3.63) is 54.1 Å². The van der Waals surface area contributed by atoms with Crippen molar-refractivity contribution in [3.63, 3.8) is 0 Å². The highest BCUT2D eigenvalue weighted by atomic mass is 16.5. The second kappa shape index (κ2) is 7.26. The number of rotatable bonds is 4. The Labute approximate surface area is 151 Å². The van der Waals surface area contributed by atoms with Crippen LogP contribution in [0.3, 0.4) is 0 Å². The highest BCUT2D eigenvalue weighted by Gasteiger charge is 2.30. The minimum absolute atomic E-state index is 0.0800. The third-order valence-electron chi connectivity index (χ3n) is 4.12. The summed E-state index contributed by atoms with van der Waals surface area (Å²) in [5.41, 5.74) is 1.44. The zero-order chi connectivity index (χ0) is 18.7. The quantitative estimate of drug-likeness (QED) is 0.908. The van der Waals surface area contributed by atoms with Crippen molar-refractivity contribution in [2.75, 3.05) is 37.5 Å². The fourth-order valence-electron chi connectivity index (χ4n) is 2.78. The highest BCUT2D eigenvalue weighted by Crippen LogP contribution is 2.25. The van der Waals surface area contributed by atoms with E-state index in [0.717, 1.165) is 0 Å². The van der Waals surface area contributed by atoms with Crippen LogP contribution in [0.25, 0.3) is 0 Å². The fourth-order valence-corrected chi connectivity index (χ4v) is 2.78. The number of anilines is 2. The van der Waals surface area contributed by atoms with Crippen molar-refractivity contribution in [2.24, 2.45) is 0 Å². The van der Waals surface area contributed by atoms with Gasteiger partial charge in [0.15, 0.2) is 0 Å². The Morgan fingerprint density at radius 1 is 1.12 bits per heavy atom. The molecule has 1 heterocycles. The topological polar surface area (TPSA) is 79.0 Å². The maximum atomic E-state index is 12.5. The Bertz CT molecular complexity index is 848. The lowest BCUT2D eigenvalue weighted by molar-refractivity contribution is -0.121. The van der Waals surface area contributed by atoms with Gasteiger partial charge in [-0.2, -0.15) is 0 Å². The van der Waals surface area contributed by atoms with Crippen molar-refractivity contribution in [1.82, 2.24) is 4.90 Å². The number of hydrogen-bond acceptors (Lipinski definition) is 4. The number of carbonyl (C=O) groups excluding carboxylic acids is 3. The SMILES string of the molecule is COc1ccc(NC(=O)CN2C(=O)CN(C)C(=O)c3ccccc32)cc1. The molecule has 1 aliphatic rings. The van der Waals surface area contributed by atoms with Crippen LogP contribution in [0.15, 0.2) is 48.5 Å².